The van der Waals surface area contributed by atoms with Crippen LogP contribution in [0.4, 0.5) is 0 Å². The van der Waals surface area contributed by atoms with Crippen molar-refractivity contribution in [2.24, 2.45) is 7.05 Å². The predicted octanol–water partition coefficient (Wildman–Crippen LogP) is 2.26. The molecular formula is C15H20N4. The van der Waals surface area contributed by atoms with Crippen molar-refractivity contribution < 1.29 is 0 Å². The summed E-state index contributed by atoms with van der Waals surface area (Å²) < 4.78 is 2.05. The van der Waals surface area contributed by atoms with Crippen LogP contribution in [0, 0.1) is 6.92 Å². The molecule has 1 N–H and O–H groups in total. The van der Waals surface area contributed by atoms with Crippen LogP contribution in [0.5, 0.6) is 0 Å². The smallest absolute Gasteiger partial charge is 0.114 e. The van der Waals surface area contributed by atoms with Crippen molar-refractivity contribution in [1.82, 2.24) is 20.1 Å². The quantitative estimate of drug-likeness (QED) is 0.896. The van der Waals surface area contributed by atoms with Crippen LogP contribution in [0.25, 0.3) is 11.4 Å². The molecule has 2 aromatic heterocycles. The molecular weight excluding hydrogens is 236 g/mol. The van der Waals surface area contributed by atoms with Crippen molar-refractivity contribution in [2.75, 3.05) is 13.1 Å². The number of aromatic nitrogens is 3. The SMILES string of the molecule is Cc1c(-c2ccccn2)nn(C)c1C1CCNCC1. The van der Waals surface area contributed by atoms with Crippen LogP contribution >= 0.6 is 0 Å². The summed E-state index contributed by atoms with van der Waals surface area (Å²) in [6.07, 6.45) is 4.22. The zero-order chi connectivity index (χ0) is 13.2. The van der Waals surface area contributed by atoms with Crippen molar-refractivity contribution in [3.8, 4) is 11.4 Å². The van der Waals surface area contributed by atoms with Gasteiger partial charge < -0.3 is 5.32 Å². The predicted molar refractivity (Wildman–Crippen MR) is 76.0 cm³/mol. The molecule has 4 heteroatoms. The first-order valence-corrected chi connectivity index (χ1v) is 6.93. The average molecular weight is 256 g/mol. The van der Waals surface area contributed by atoms with E-state index in [1.807, 2.05) is 24.4 Å². The molecule has 0 atom stereocenters. The zero-order valence-corrected chi connectivity index (χ0v) is 11.6. The normalized spacial score (nSPS) is 16.7. The summed E-state index contributed by atoms with van der Waals surface area (Å²) in [6, 6.07) is 5.98. The van der Waals surface area contributed by atoms with E-state index in [-0.39, 0.29) is 0 Å². The van der Waals surface area contributed by atoms with Crippen molar-refractivity contribution in [3.63, 3.8) is 0 Å². The lowest BCUT2D eigenvalue weighted by Gasteiger charge is -2.23. The van der Waals surface area contributed by atoms with Crippen molar-refractivity contribution in [1.29, 1.82) is 0 Å². The fraction of sp³-hybridized carbons (Fsp3) is 0.467. The van der Waals surface area contributed by atoms with Crippen molar-refractivity contribution >= 4 is 0 Å². The Morgan fingerprint density at radius 2 is 2.05 bits per heavy atom. The number of hydrogen-bond donors (Lipinski definition) is 1. The molecule has 1 fully saturated rings. The summed E-state index contributed by atoms with van der Waals surface area (Å²) >= 11 is 0. The molecule has 19 heavy (non-hydrogen) atoms. The zero-order valence-electron chi connectivity index (χ0n) is 11.6. The highest BCUT2D eigenvalue weighted by Gasteiger charge is 2.23. The molecule has 0 aromatic carbocycles. The van der Waals surface area contributed by atoms with Crippen molar-refractivity contribution in [2.45, 2.75) is 25.7 Å². The van der Waals surface area contributed by atoms with Crippen LogP contribution in [-0.4, -0.2) is 27.9 Å². The maximum Gasteiger partial charge on any atom is 0.114 e. The van der Waals surface area contributed by atoms with Gasteiger partial charge in [-0.15, -0.1) is 0 Å². The van der Waals surface area contributed by atoms with E-state index in [4.69, 9.17) is 0 Å². The van der Waals surface area contributed by atoms with Gasteiger partial charge in [-0.05, 0) is 45.0 Å². The number of pyridine rings is 1. The van der Waals surface area contributed by atoms with Gasteiger partial charge in [0.1, 0.15) is 5.69 Å². The topological polar surface area (TPSA) is 42.7 Å². The van der Waals surface area contributed by atoms with Gasteiger partial charge in [0.25, 0.3) is 0 Å². The lowest BCUT2D eigenvalue weighted by Crippen LogP contribution is -2.27. The Morgan fingerprint density at radius 3 is 2.74 bits per heavy atom. The summed E-state index contributed by atoms with van der Waals surface area (Å²) in [5, 5.41) is 8.11. The maximum absolute atomic E-state index is 4.69. The van der Waals surface area contributed by atoms with Crippen LogP contribution in [0.3, 0.4) is 0 Å². The molecule has 1 aliphatic heterocycles. The molecule has 0 amide bonds. The number of aryl methyl sites for hydroxylation is 1. The molecule has 0 saturated carbocycles. The lowest BCUT2D eigenvalue weighted by atomic mass is 9.91. The number of nitrogens with one attached hydrogen (secondary N) is 1. The van der Waals surface area contributed by atoms with Gasteiger partial charge in [0.2, 0.25) is 0 Å². The van der Waals surface area contributed by atoms with Crippen LogP contribution < -0.4 is 5.32 Å². The van der Waals surface area contributed by atoms with Gasteiger partial charge in [-0.25, -0.2) is 0 Å². The van der Waals surface area contributed by atoms with E-state index in [1.165, 1.54) is 24.1 Å². The number of hydrogen-bond acceptors (Lipinski definition) is 3. The van der Waals surface area contributed by atoms with Crippen LogP contribution in [0.1, 0.15) is 30.0 Å². The largest absolute Gasteiger partial charge is 0.317 e. The Kier molecular flexibility index (Phi) is 3.34. The van der Waals surface area contributed by atoms with Gasteiger partial charge >= 0.3 is 0 Å². The highest BCUT2D eigenvalue weighted by Crippen LogP contribution is 2.32. The standard InChI is InChI=1S/C15H20N4/c1-11-14(13-5-3-4-8-17-13)18-19(2)15(11)12-6-9-16-10-7-12/h3-5,8,12,16H,6-7,9-10H2,1-2H3. The lowest BCUT2D eigenvalue weighted by molar-refractivity contribution is 0.438. The second kappa shape index (κ2) is 5.13. The summed E-state index contributed by atoms with van der Waals surface area (Å²) in [7, 11) is 2.05. The molecule has 4 nitrogen and oxygen atoms in total. The van der Waals surface area contributed by atoms with Gasteiger partial charge in [-0.3, -0.25) is 9.67 Å². The highest BCUT2D eigenvalue weighted by molar-refractivity contribution is 5.59. The maximum atomic E-state index is 4.69. The summed E-state index contributed by atoms with van der Waals surface area (Å²) in [5.41, 5.74) is 4.66. The molecule has 0 radical (unpaired) electrons. The molecule has 0 spiro atoms. The Hall–Kier alpha value is -1.68. The fourth-order valence-electron chi connectivity index (χ4n) is 3.05. The first-order chi connectivity index (χ1) is 9.27. The number of piperidine rings is 1. The highest BCUT2D eigenvalue weighted by atomic mass is 15.3. The Balaban J connectivity index is 2.00. The summed E-state index contributed by atoms with van der Waals surface area (Å²) in [6.45, 7) is 4.39. The first kappa shape index (κ1) is 12.4. The van der Waals surface area contributed by atoms with Gasteiger partial charge in [0, 0.05) is 30.4 Å². The molecule has 100 valence electrons. The average Bonchev–Trinajstić information content (AvgIpc) is 2.76. The molecule has 0 bridgehead atoms. The first-order valence-electron chi connectivity index (χ1n) is 6.93. The summed E-state index contributed by atoms with van der Waals surface area (Å²) in [5.74, 6) is 0.621. The van der Waals surface area contributed by atoms with E-state index < -0.39 is 0 Å². The third kappa shape index (κ3) is 2.28. The second-order valence-corrected chi connectivity index (χ2v) is 5.22. The van der Waals surface area contributed by atoms with Gasteiger partial charge in [-0.1, -0.05) is 6.07 Å². The van der Waals surface area contributed by atoms with Crippen LogP contribution in [-0.2, 0) is 7.05 Å². The Bertz CT molecular complexity index is 553. The number of nitrogens with zero attached hydrogens (tertiary/aromatic N) is 3. The minimum absolute atomic E-state index is 0.621. The van der Waals surface area contributed by atoms with E-state index in [0.717, 1.165) is 24.5 Å². The van der Waals surface area contributed by atoms with Crippen LogP contribution in [0.2, 0.25) is 0 Å². The molecule has 2 aromatic rings. The fourth-order valence-corrected chi connectivity index (χ4v) is 3.05. The number of rotatable bonds is 2. The summed E-state index contributed by atoms with van der Waals surface area (Å²) in [4.78, 5) is 4.42. The third-order valence-corrected chi connectivity index (χ3v) is 3.97. The molecule has 3 rings (SSSR count). The molecule has 0 unspecified atom stereocenters. The van der Waals surface area contributed by atoms with Gasteiger partial charge in [0.15, 0.2) is 0 Å². The van der Waals surface area contributed by atoms with E-state index in [2.05, 4.69) is 34.1 Å². The van der Waals surface area contributed by atoms with Crippen molar-refractivity contribution in [3.05, 3.63) is 35.7 Å². The molecule has 1 saturated heterocycles. The Morgan fingerprint density at radius 1 is 1.26 bits per heavy atom. The second-order valence-electron chi connectivity index (χ2n) is 5.22. The van der Waals surface area contributed by atoms with Crippen LogP contribution in [0.15, 0.2) is 24.4 Å². The molecule has 3 heterocycles. The molecule has 1 aliphatic rings. The third-order valence-electron chi connectivity index (χ3n) is 3.97. The minimum Gasteiger partial charge on any atom is -0.317 e. The minimum atomic E-state index is 0.621. The monoisotopic (exact) mass is 256 g/mol. The van der Waals surface area contributed by atoms with E-state index >= 15 is 0 Å². The Labute approximate surface area is 113 Å². The van der Waals surface area contributed by atoms with Gasteiger partial charge in [-0.2, -0.15) is 5.10 Å². The van der Waals surface area contributed by atoms with E-state index in [1.54, 1.807) is 0 Å². The van der Waals surface area contributed by atoms with E-state index in [9.17, 15) is 0 Å². The van der Waals surface area contributed by atoms with E-state index in [0.29, 0.717) is 5.92 Å². The molecule has 0 aliphatic carbocycles. The van der Waals surface area contributed by atoms with Gasteiger partial charge in [0.05, 0.1) is 5.69 Å².